The predicted octanol–water partition coefficient (Wildman–Crippen LogP) is -1.20. The highest BCUT2D eigenvalue weighted by atomic mass is 16.5. The van der Waals surface area contributed by atoms with Crippen molar-refractivity contribution in [1.82, 2.24) is 10.2 Å². The number of ether oxygens (including phenoxy) is 1. The quantitative estimate of drug-likeness (QED) is 0.725. The van der Waals surface area contributed by atoms with E-state index >= 15 is 0 Å². The summed E-state index contributed by atoms with van der Waals surface area (Å²) in [5.74, 6) is 0.890. The van der Waals surface area contributed by atoms with E-state index in [1.54, 1.807) is 7.11 Å². The third kappa shape index (κ3) is 3.62. The van der Waals surface area contributed by atoms with Gasteiger partial charge in [-0.05, 0) is 12.1 Å². The van der Waals surface area contributed by atoms with E-state index in [9.17, 15) is 9.59 Å². The fourth-order valence-electron chi connectivity index (χ4n) is 3.30. The zero-order valence-corrected chi connectivity index (χ0v) is 14.0. The number of nitrogens with one attached hydrogen (secondary N) is 1. The molecule has 2 aliphatic rings. The smallest absolute Gasteiger partial charge is 0.278 e. The van der Waals surface area contributed by atoms with E-state index in [0.717, 1.165) is 31.1 Å². The molecule has 0 bridgehead atoms. The first-order valence-electron chi connectivity index (χ1n) is 8.46. The van der Waals surface area contributed by atoms with Crippen molar-refractivity contribution in [3.05, 3.63) is 24.3 Å². The first-order chi connectivity index (χ1) is 11.7. The topological polar surface area (TPSA) is 78.5 Å². The normalized spacial score (nSPS) is 21.4. The van der Waals surface area contributed by atoms with Gasteiger partial charge in [0.2, 0.25) is 5.91 Å². The summed E-state index contributed by atoms with van der Waals surface area (Å²) in [4.78, 5) is 28.3. The van der Waals surface area contributed by atoms with Gasteiger partial charge < -0.3 is 25.2 Å². The number of nitrogens with zero attached hydrogens (tertiary/aromatic N) is 2. The van der Waals surface area contributed by atoms with Crippen molar-refractivity contribution in [2.45, 2.75) is 12.5 Å². The number of quaternary nitrogens is 1. The van der Waals surface area contributed by atoms with Gasteiger partial charge in [-0.2, -0.15) is 0 Å². The van der Waals surface area contributed by atoms with E-state index in [2.05, 4.69) is 10.2 Å². The van der Waals surface area contributed by atoms with Gasteiger partial charge in [0.15, 0.2) is 6.04 Å². The number of piperazine rings is 2. The van der Waals surface area contributed by atoms with Crippen molar-refractivity contribution in [2.75, 3.05) is 51.3 Å². The Morgan fingerprint density at radius 1 is 1.29 bits per heavy atom. The Bertz CT molecular complexity index is 599. The highest BCUT2D eigenvalue weighted by Gasteiger charge is 2.31. The monoisotopic (exact) mass is 333 g/mol. The molecule has 2 aliphatic heterocycles. The third-order valence-corrected chi connectivity index (χ3v) is 4.68. The molecule has 0 spiro atoms. The van der Waals surface area contributed by atoms with Crippen molar-refractivity contribution >= 4 is 17.5 Å². The third-order valence-electron chi connectivity index (χ3n) is 4.68. The molecule has 0 radical (unpaired) electrons. The fraction of sp³-hybridized carbons (Fsp3) is 0.529. The van der Waals surface area contributed by atoms with Crippen molar-refractivity contribution in [2.24, 2.45) is 0 Å². The van der Waals surface area contributed by atoms with Gasteiger partial charge in [0.25, 0.3) is 5.91 Å². The molecule has 1 aromatic carbocycles. The molecule has 130 valence electrons. The van der Waals surface area contributed by atoms with Gasteiger partial charge in [-0.25, -0.2) is 0 Å². The van der Waals surface area contributed by atoms with Crippen LogP contribution < -0.4 is 20.3 Å². The summed E-state index contributed by atoms with van der Waals surface area (Å²) in [6, 6.07) is 7.65. The van der Waals surface area contributed by atoms with E-state index in [4.69, 9.17) is 4.74 Å². The highest BCUT2D eigenvalue weighted by molar-refractivity contribution is 5.87. The van der Waals surface area contributed by atoms with Crippen molar-refractivity contribution in [1.29, 1.82) is 0 Å². The second kappa shape index (κ2) is 7.53. The number of hydrogen-bond acceptors (Lipinski definition) is 4. The van der Waals surface area contributed by atoms with Crippen molar-refractivity contribution < 1.29 is 19.6 Å². The molecule has 3 N–H and O–H groups in total. The number of benzene rings is 1. The number of amides is 2. The summed E-state index contributed by atoms with van der Waals surface area (Å²) in [5.41, 5.74) is 1.06. The molecule has 7 heteroatoms. The van der Waals surface area contributed by atoms with Gasteiger partial charge in [-0.15, -0.1) is 0 Å². The molecule has 2 fully saturated rings. The molecule has 0 aromatic heterocycles. The minimum atomic E-state index is -0.279. The number of carbonyl (C=O) groups excluding carboxylic acids is 2. The molecule has 7 nitrogen and oxygen atoms in total. The van der Waals surface area contributed by atoms with Crippen LogP contribution in [0.15, 0.2) is 24.3 Å². The molecule has 1 atom stereocenters. The van der Waals surface area contributed by atoms with Crippen LogP contribution >= 0.6 is 0 Å². The van der Waals surface area contributed by atoms with Crippen LogP contribution in [0.2, 0.25) is 0 Å². The highest BCUT2D eigenvalue weighted by Crippen LogP contribution is 2.28. The summed E-state index contributed by atoms with van der Waals surface area (Å²) >= 11 is 0. The Hall–Kier alpha value is -2.28. The fourth-order valence-corrected chi connectivity index (χ4v) is 3.30. The Labute approximate surface area is 141 Å². The number of carbonyl (C=O) groups is 2. The van der Waals surface area contributed by atoms with Crippen LogP contribution in [0.5, 0.6) is 5.75 Å². The molecule has 3 rings (SSSR count). The molecule has 0 saturated carbocycles. The maximum Gasteiger partial charge on any atom is 0.278 e. The van der Waals surface area contributed by atoms with Gasteiger partial charge >= 0.3 is 0 Å². The molecule has 2 heterocycles. The predicted molar refractivity (Wildman–Crippen MR) is 90.0 cm³/mol. The van der Waals surface area contributed by atoms with E-state index in [0.29, 0.717) is 19.6 Å². The van der Waals surface area contributed by atoms with E-state index in [1.165, 1.54) is 0 Å². The molecule has 0 aliphatic carbocycles. The van der Waals surface area contributed by atoms with E-state index < -0.39 is 0 Å². The van der Waals surface area contributed by atoms with Crippen LogP contribution in [0.4, 0.5) is 5.69 Å². The minimum Gasteiger partial charge on any atom is -0.495 e. The number of anilines is 1. The number of rotatable bonds is 4. The zero-order chi connectivity index (χ0) is 16.9. The van der Waals surface area contributed by atoms with Crippen LogP contribution in [-0.4, -0.2) is 69.1 Å². The number of hydrogen-bond donors (Lipinski definition) is 2. The lowest BCUT2D eigenvalue weighted by atomic mass is 10.1. The largest absolute Gasteiger partial charge is 0.495 e. The van der Waals surface area contributed by atoms with Crippen molar-refractivity contribution in [3.63, 3.8) is 0 Å². The lowest BCUT2D eigenvalue weighted by molar-refractivity contribution is -0.678. The Morgan fingerprint density at radius 3 is 2.75 bits per heavy atom. The molecular weight excluding hydrogens is 308 g/mol. The molecule has 24 heavy (non-hydrogen) atoms. The van der Waals surface area contributed by atoms with Gasteiger partial charge in [0.1, 0.15) is 5.75 Å². The van der Waals surface area contributed by atoms with Gasteiger partial charge in [-0.3, -0.25) is 9.59 Å². The summed E-state index contributed by atoms with van der Waals surface area (Å²) in [7, 11) is 1.67. The number of para-hydroxylation sites is 2. The maximum atomic E-state index is 12.5. The average Bonchev–Trinajstić information content (AvgIpc) is 2.63. The van der Waals surface area contributed by atoms with Crippen molar-refractivity contribution in [3.8, 4) is 5.75 Å². The maximum absolute atomic E-state index is 12.5. The second-order valence-corrected chi connectivity index (χ2v) is 6.17. The first-order valence-corrected chi connectivity index (χ1v) is 8.46. The van der Waals surface area contributed by atoms with Crippen LogP contribution in [0.3, 0.4) is 0 Å². The van der Waals surface area contributed by atoms with Crippen LogP contribution in [0.1, 0.15) is 6.42 Å². The number of methoxy groups -OCH3 is 1. The molecule has 2 saturated heterocycles. The van der Waals surface area contributed by atoms with Crippen LogP contribution in [0, 0.1) is 0 Å². The second-order valence-electron chi connectivity index (χ2n) is 6.17. The lowest BCUT2D eigenvalue weighted by Gasteiger charge is -2.37. The number of nitrogens with two attached hydrogens (primary N) is 1. The Morgan fingerprint density at radius 2 is 2.04 bits per heavy atom. The summed E-state index contributed by atoms with van der Waals surface area (Å²) < 4.78 is 5.41. The summed E-state index contributed by atoms with van der Waals surface area (Å²) in [6.07, 6.45) is 0.278. The lowest BCUT2D eigenvalue weighted by Crippen LogP contribution is -2.96. The van der Waals surface area contributed by atoms with Gasteiger partial charge in [0.05, 0.1) is 32.3 Å². The molecule has 0 unspecified atom stereocenters. The van der Waals surface area contributed by atoms with E-state index in [-0.39, 0.29) is 24.3 Å². The average molecular weight is 333 g/mol. The zero-order valence-electron chi connectivity index (χ0n) is 14.0. The molecule has 2 amide bonds. The van der Waals surface area contributed by atoms with Gasteiger partial charge in [0, 0.05) is 26.2 Å². The first kappa shape index (κ1) is 16.6. The molecule has 1 aromatic rings. The Kier molecular flexibility index (Phi) is 5.20. The minimum absolute atomic E-state index is 0.0257. The standard InChI is InChI=1S/C17H24N4O3/c1-24-15-5-3-2-4-14(15)20-8-10-21(11-9-20)16(22)12-13-17(23)19-7-6-18-13/h2-5,13,18H,6-12H2,1H3,(H,19,23)/p+1/t13-/m0/s1. The summed E-state index contributed by atoms with van der Waals surface area (Å²) in [6.45, 7) is 4.40. The SMILES string of the molecule is COc1ccccc1N1CCN(C(=O)C[C@@H]2[NH2+]CCNC2=O)CC1. The Balaban J connectivity index is 1.54. The van der Waals surface area contributed by atoms with Crippen LogP contribution in [-0.2, 0) is 9.59 Å². The van der Waals surface area contributed by atoms with Gasteiger partial charge in [-0.1, -0.05) is 12.1 Å². The van der Waals surface area contributed by atoms with Crippen LogP contribution in [0.25, 0.3) is 0 Å². The summed E-state index contributed by atoms with van der Waals surface area (Å²) in [5, 5.41) is 4.78. The molecular formula is C17H25N4O3+. The van der Waals surface area contributed by atoms with E-state index in [1.807, 2.05) is 34.5 Å².